The second-order valence-electron chi connectivity index (χ2n) is 6.07. The Hall–Kier alpha value is -2.47. The van der Waals surface area contributed by atoms with Gasteiger partial charge in [0.15, 0.2) is 0 Å². The van der Waals surface area contributed by atoms with Crippen LogP contribution in [-0.2, 0) is 6.54 Å². The number of carbonyl (C=O) groups excluding carboxylic acids is 1. The van der Waals surface area contributed by atoms with Crippen molar-refractivity contribution in [3.63, 3.8) is 0 Å². The molecule has 2 aromatic heterocycles. The zero-order chi connectivity index (χ0) is 16.5. The minimum absolute atomic E-state index is 0.0538. The number of carbonyl (C=O) groups is 1. The van der Waals surface area contributed by atoms with E-state index in [4.69, 9.17) is 0 Å². The van der Waals surface area contributed by atoms with Gasteiger partial charge in [-0.1, -0.05) is 6.07 Å². The Bertz CT molecular complexity index is 873. The average molecular weight is 338 g/mol. The first kappa shape index (κ1) is 15.1. The van der Waals surface area contributed by atoms with Crippen molar-refractivity contribution in [1.82, 2.24) is 14.9 Å². The van der Waals surface area contributed by atoms with Crippen LogP contribution in [0.1, 0.15) is 23.4 Å². The number of aromatic nitrogens is 2. The Morgan fingerprint density at radius 2 is 2.25 bits per heavy atom. The number of pyridine rings is 1. The van der Waals surface area contributed by atoms with Gasteiger partial charge in [-0.3, -0.25) is 4.98 Å². The van der Waals surface area contributed by atoms with Crippen molar-refractivity contribution in [3.8, 4) is 0 Å². The summed E-state index contributed by atoms with van der Waals surface area (Å²) >= 11 is 1.64. The number of hydrogen-bond donors (Lipinski definition) is 1. The predicted octanol–water partition coefficient (Wildman–Crippen LogP) is 4.20. The Balaban J connectivity index is 1.51. The summed E-state index contributed by atoms with van der Waals surface area (Å²) in [7, 11) is 0. The molecule has 2 amide bonds. The van der Waals surface area contributed by atoms with Crippen molar-refractivity contribution < 1.29 is 4.79 Å². The number of benzene rings is 1. The molecule has 4 rings (SSSR count). The zero-order valence-corrected chi connectivity index (χ0v) is 14.2. The zero-order valence-electron chi connectivity index (χ0n) is 13.4. The molecule has 0 atom stereocenters. The molecule has 0 radical (unpaired) electrons. The van der Waals surface area contributed by atoms with Gasteiger partial charge < -0.3 is 10.2 Å². The fourth-order valence-corrected chi connectivity index (χ4v) is 3.62. The van der Waals surface area contributed by atoms with Crippen LogP contribution in [0.5, 0.6) is 0 Å². The largest absolute Gasteiger partial charge is 0.322 e. The highest BCUT2D eigenvalue weighted by atomic mass is 32.1. The SMILES string of the molecule is Cc1nc2ccc(NC(=O)N(Cc3cccnc3)C3CC3)cc2s1. The van der Waals surface area contributed by atoms with Crippen LogP contribution >= 0.6 is 11.3 Å². The van der Waals surface area contributed by atoms with Crippen LogP contribution in [0.15, 0.2) is 42.7 Å². The van der Waals surface area contributed by atoms with E-state index in [2.05, 4.69) is 15.3 Å². The monoisotopic (exact) mass is 338 g/mol. The number of anilines is 1. The maximum atomic E-state index is 12.7. The molecule has 1 aromatic carbocycles. The second-order valence-corrected chi connectivity index (χ2v) is 7.30. The van der Waals surface area contributed by atoms with Crippen LogP contribution in [0.3, 0.4) is 0 Å². The van der Waals surface area contributed by atoms with E-state index in [1.54, 1.807) is 17.5 Å². The van der Waals surface area contributed by atoms with Crippen molar-refractivity contribution in [2.45, 2.75) is 32.4 Å². The number of urea groups is 1. The average Bonchev–Trinajstić information content (AvgIpc) is 3.34. The summed E-state index contributed by atoms with van der Waals surface area (Å²) in [5.41, 5.74) is 2.84. The lowest BCUT2D eigenvalue weighted by Gasteiger charge is -2.23. The molecule has 1 fully saturated rings. The van der Waals surface area contributed by atoms with Gasteiger partial charge in [0, 0.05) is 30.7 Å². The molecule has 0 saturated heterocycles. The van der Waals surface area contributed by atoms with Crippen LogP contribution in [-0.4, -0.2) is 26.9 Å². The maximum absolute atomic E-state index is 12.7. The lowest BCUT2D eigenvalue weighted by molar-refractivity contribution is 0.206. The van der Waals surface area contributed by atoms with Crippen molar-refractivity contribution in [3.05, 3.63) is 53.3 Å². The number of nitrogens with zero attached hydrogens (tertiary/aromatic N) is 3. The molecular weight excluding hydrogens is 320 g/mol. The van der Waals surface area contributed by atoms with Gasteiger partial charge in [-0.05, 0) is 49.6 Å². The third-order valence-electron chi connectivity index (χ3n) is 4.07. The third-order valence-corrected chi connectivity index (χ3v) is 5.00. The van der Waals surface area contributed by atoms with Gasteiger partial charge in [0.25, 0.3) is 0 Å². The number of fused-ring (bicyclic) bond motifs is 1. The van der Waals surface area contributed by atoms with Gasteiger partial charge in [0.2, 0.25) is 0 Å². The Labute approximate surface area is 144 Å². The Morgan fingerprint density at radius 1 is 1.38 bits per heavy atom. The number of aryl methyl sites for hydroxylation is 1. The summed E-state index contributed by atoms with van der Waals surface area (Å²) in [5.74, 6) is 0. The Morgan fingerprint density at radius 3 is 3.00 bits per heavy atom. The summed E-state index contributed by atoms with van der Waals surface area (Å²) in [6.45, 7) is 2.58. The second kappa shape index (κ2) is 6.20. The number of rotatable bonds is 4. The first-order chi connectivity index (χ1) is 11.7. The molecule has 5 nitrogen and oxygen atoms in total. The van der Waals surface area contributed by atoms with E-state index >= 15 is 0 Å². The van der Waals surface area contributed by atoms with Gasteiger partial charge in [-0.15, -0.1) is 11.3 Å². The molecule has 3 aromatic rings. The number of nitrogens with one attached hydrogen (secondary N) is 1. The molecule has 1 saturated carbocycles. The van der Waals surface area contributed by atoms with E-state index in [0.29, 0.717) is 12.6 Å². The minimum atomic E-state index is -0.0538. The van der Waals surface area contributed by atoms with Gasteiger partial charge in [-0.25, -0.2) is 9.78 Å². The lowest BCUT2D eigenvalue weighted by Crippen LogP contribution is -2.36. The normalized spacial score (nSPS) is 13.9. The summed E-state index contributed by atoms with van der Waals surface area (Å²) in [5, 5.41) is 4.06. The van der Waals surface area contributed by atoms with E-state index in [1.165, 1.54) is 0 Å². The molecule has 1 aliphatic rings. The fourth-order valence-electron chi connectivity index (χ4n) is 2.75. The summed E-state index contributed by atoms with van der Waals surface area (Å²) in [4.78, 5) is 23.2. The molecule has 6 heteroatoms. The van der Waals surface area contributed by atoms with Gasteiger partial charge >= 0.3 is 6.03 Å². The minimum Gasteiger partial charge on any atom is -0.317 e. The first-order valence-electron chi connectivity index (χ1n) is 8.03. The van der Waals surface area contributed by atoms with Gasteiger partial charge in [0.1, 0.15) is 0 Å². The van der Waals surface area contributed by atoms with E-state index in [9.17, 15) is 4.79 Å². The maximum Gasteiger partial charge on any atom is 0.322 e. The number of hydrogen-bond acceptors (Lipinski definition) is 4. The molecular formula is C18H18N4OS. The van der Waals surface area contributed by atoms with E-state index in [1.807, 2.05) is 48.4 Å². The highest BCUT2D eigenvalue weighted by molar-refractivity contribution is 7.18. The van der Waals surface area contributed by atoms with Crippen LogP contribution in [0.4, 0.5) is 10.5 Å². The number of amides is 2. The molecule has 2 heterocycles. The lowest BCUT2D eigenvalue weighted by atomic mass is 10.2. The molecule has 0 unspecified atom stereocenters. The van der Waals surface area contributed by atoms with Crippen LogP contribution in [0.2, 0.25) is 0 Å². The number of thiazole rings is 1. The highest BCUT2D eigenvalue weighted by Crippen LogP contribution is 2.30. The van der Waals surface area contributed by atoms with Crippen LogP contribution < -0.4 is 5.32 Å². The van der Waals surface area contributed by atoms with E-state index in [-0.39, 0.29) is 6.03 Å². The van der Waals surface area contributed by atoms with E-state index < -0.39 is 0 Å². The third kappa shape index (κ3) is 3.23. The molecule has 0 bridgehead atoms. The van der Waals surface area contributed by atoms with Crippen molar-refractivity contribution in [2.24, 2.45) is 0 Å². The highest BCUT2D eigenvalue weighted by Gasteiger charge is 2.32. The van der Waals surface area contributed by atoms with Crippen LogP contribution in [0, 0.1) is 6.92 Å². The van der Waals surface area contributed by atoms with Gasteiger partial charge in [-0.2, -0.15) is 0 Å². The molecule has 1 N–H and O–H groups in total. The standard InChI is InChI=1S/C18H18N4OS/c1-12-20-16-7-4-14(9-17(16)24-12)21-18(23)22(15-5-6-15)11-13-3-2-8-19-10-13/h2-4,7-10,15H,5-6,11H2,1H3,(H,21,23). The van der Waals surface area contributed by atoms with Crippen molar-refractivity contribution in [1.29, 1.82) is 0 Å². The smallest absolute Gasteiger partial charge is 0.317 e. The quantitative estimate of drug-likeness (QED) is 0.776. The molecule has 24 heavy (non-hydrogen) atoms. The Kier molecular flexibility index (Phi) is 3.90. The topological polar surface area (TPSA) is 58.1 Å². The fraction of sp³-hybridized carbons (Fsp3) is 0.278. The van der Waals surface area contributed by atoms with Crippen molar-refractivity contribution >= 4 is 33.3 Å². The summed E-state index contributed by atoms with van der Waals surface area (Å²) in [6, 6.07) is 10.0. The van der Waals surface area contributed by atoms with Crippen LogP contribution in [0.25, 0.3) is 10.2 Å². The van der Waals surface area contributed by atoms with Gasteiger partial charge in [0.05, 0.1) is 15.2 Å². The molecule has 1 aliphatic carbocycles. The summed E-state index contributed by atoms with van der Waals surface area (Å²) < 4.78 is 1.09. The van der Waals surface area contributed by atoms with Crippen molar-refractivity contribution in [2.75, 3.05) is 5.32 Å². The summed E-state index contributed by atoms with van der Waals surface area (Å²) in [6.07, 6.45) is 5.70. The molecule has 0 aliphatic heterocycles. The molecule has 0 spiro atoms. The predicted molar refractivity (Wildman–Crippen MR) is 96.2 cm³/mol. The van der Waals surface area contributed by atoms with E-state index in [0.717, 1.165) is 39.3 Å². The molecule has 122 valence electrons. The first-order valence-corrected chi connectivity index (χ1v) is 8.84.